The Morgan fingerprint density at radius 2 is 1.89 bits per heavy atom. The molecule has 3 heteroatoms. The Kier molecular flexibility index (Phi) is 7.32. The Labute approximate surface area is 124 Å². The molecule has 0 atom stereocenters. The summed E-state index contributed by atoms with van der Waals surface area (Å²) in [5, 5.41) is 3.00. The maximum absolute atomic E-state index is 12.0. The number of carbonyl (C=O) groups is 1. The molecule has 1 N–H and O–H groups in total. The van der Waals surface area contributed by atoms with Crippen LogP contribution in [0.25, 0.3) is 0 Å². The van der Waals surface area contributed by atoms with E-state index in [9.17, 15) is 4.79 Å². The molecule has 18 heavy (non-hydrogen) atoms. The number of amides is 1. The molecule has 0 aliphatic carbocycles. The van der Waals surface area contributed by atoms with Gasteiger partial charge in [-0.25, -0.2) is 0 Å². The van der Waals surface area contributed by atoms with Crippen LogP contribution in [0.2, 0.25) is 0 Å². The van der Waals surface area contributed by atoms with Crippen molar-refractivity contribution in [1.29, 1.82) is 0 Å². The van der Waals surface area contributed by atoms with Gasteiger partial charge in [-0.2, -0.15) is 0 Å². The van der Waals surface area contributed by atoms with E-state index in [4.69, 9.17) is 0 Å². The van der Waals surface area contributed by atoms with Crippen LogP contribution >= 0.6 is 22.6 Å². The van der Waals surface area contributed by atoms with Gasteiger partial charge in [0.05, 0.1) is 0 Å². The molecule has 1 amide bonds. The molecule has 100 valence electrons. The van der Waals surface area contributed by atoms with Gasteiger partial charge in [0, 0.05) is 12.1 Å². The molecule has 0 radical (unpaired) electrons. The van der Waals surface area contributed by atoms with Gasteiger partial charge in [-0.3, -0.25) is 4.79 Å². The maximum Gasteiger partial charge on any atom is 0.251 e. The number of halogens is 1. The van der Waals surface area contributed by atoms with E-state index in [2.05, 4.69) is 27.9 Å². The molecule has 0 saturated heterocycles. The van der Waals surface area contributed by atoms with Crippen molar-refractivity contribution in [3.8, 4) is 0 Å². The average Bonchev–Trinajstić information content (AvgIpc) is 2.36. The summed E-state index contributed by atoms with van der Waals surface area (Å²) in [5.74, 6) is 0.0603. The number of unbranched alkanes of at least 4 members (excludes halogenated alkanes) is 3. The van der Waals surface area contributed by atoms with Crippen LogP contribution in [-0.4, -0.2) is 16.9 Å². The second kappa shape index (κ2) is 8.51. The Hall–Kier alpha value is -0.580. The van der Waals surface area contributed by atoms with Gasteiger partial charge in [-0.1, -0.05) is 53.1 Å². The number of hydrogen-bond donors (Lipinski definition) is 1. The SMILES string of the molecule is Cc1ccc(C)c(C(=O)NCCCCCCI)c1. The zero-order valence-corrected chi connectivity index (χ0v) is 13.4. The number of hydrogen-bond acceptors (Lipinski definition) is 1. The van der Waals surface area contributed by atoms with Crippen LogP contribution in [0.3, 0.4) is 0 Å². The first-order valence-corrected chi connectivity index (χ1v) is 8.09. The van der Waals surface area contributed by atoms with E-state index in [0.717, 1.165) is 29.7 Å². The van der Waals surface area contributed by atoms with Crippen molar-refractivity contribution in [2.24, 2.45) is 0 Å². The van der Waals surface area contributed by atoms with Gasteiger partial charge in [0.15, 0.2) is 0 Å². The third-order valence-corrected chi connectivity index (χ3v) is 3.75. The van der Waals surface area contributed by atoms with E-state index in [1.165, 1.54) is 23.7 Å². The highest BCUT2D eigenvalue weighted by Crippen LogP contribution is 2.10. The number of aryl methyl sites for hydroxylation is 2. The molecule has 1 aromatic rings. The highest BCUT2D eigenvalue weighted by atomic mass is 127. The van der Waals surface area contributed by atoms with Crippen LogP contribution in [-0.2, 0) is 0 Å². The van der Waals surface area contributed by atoms with Crippen molar-refractivity contribution in [3.63, 3.8) is 0 Å². The summed E-state index contributed by atoms with van der Waals surface area (Å²) in [7, 11) is 0. The first-order chi connectivity index (χ1) is 8.65. The molecular weight excluding hydrogens is 337 g/mol. The summed E-state index contributed by atoms with van der Waals surface area (Å²) in [6.45, 7) is 4.78. The summed E-state index contributed by atoms with van der Waals surface area (Å²) in [6, 6.07) is 6.00. The van der Waals surface area contributed by atoms with Gasteiger partial charge in [0.2, 0.25) is 0 Å². The Morgan fingerprint density at radius 3 is 2.61 bits per heavy atom. The number of alkyl halides is 1. The number of nitrogens with one attached hydrogen (secondary N) is 1. The van der Waals surface area contributed by atoms with Crippen molar-refractivity contribution >= 4 is 28.5 Å². The molecule has 0 aliphatic heterocycles. The van der Waals surface area contributed by atoms with Crippen LogP contribution in [0.1, 0.15) is 47.2 Å². The topological polar surface area (TPSA) is 29.1 Å². The van der Waals surface area contributed by atoms with Crippen LogP contribution in [0.4, 0.5) is 0 Å². The van der Waals surface area contributed by atoms with E-state index >= 15 is 0 Å². The Balaban J connectivity index is 2.34. The zero-order valence-electron chi connectivity index (χ0n) is 11.3. The molecule has 0 bridgehead atoms. The first-order valence-electron chi connectivity index (χ1n) is 6.56. The van der Waals surface area contributed by atoms with E-state index in [0.29, 0.717) is 0 Å². The van der Waals surface area contributed by atoms with Crippen molar-refractivity contribution in [1.82, 2.24) is 5.32 Å². The van der Waals surface area contributed by atoms with Gasteiger partial charge < -0.3 is 5.32 Å². The molecular formula is C15H22INO. The molecule has 0 spiro atoms. The van der Waals surface area contributed by atoms with Crippen LogP contribution in [0.15, 0.2) is 18.2 Å². The summed E-state index contributed by atoms with van der Waals surface area (Å²) in [5.41, 5.74) is 2.98. The second-order valence-corrected chi connectivity index (χ2v) is 5.76. The maximum atomic E-state index is 12.0. The smallest absolute Gasteiger partial charge is 0.251 e. The number of carbonyl (C=O) groups excluding carboxylic acids is 1. The second-order valence-electron chi connectivity index (χ2n) is 4.68. The van der Waals surface area contributed by atoms with E-state index in [1.807, 2.05) is 32.0 Å². The molecule has 1 aromatic carbocycles. The monoisotopic (exact) mass is 359 g/mol. The highest BCUT2D eigenvalue weighted by molar-refractivity contribution is 14.1. The van der Waals surface area contributed by atoms with Gasteiger partial charge in [0.1, 0.15) is 0 Å². The van der Waals surface area contributed by atoms with E-state index < -0.39 is 0 Å². The molecule has 0 unspecified atom stereocenters. The quantitative estimate of drug-likeness (QED) is 0.445. The van der Waals surface area contributed by atoms with Crippen molar-refractivity contribution in [2.45, 2.75) is 39.5 Å². The molecule has 1 rings (SSSR count). The lowest BCUT2D eigenvalue weighted by Gasteiger charge is -2.08. The van der Waals surface area contributed by atoms with E-state index in [1.54, 1.807) is 0 Å². The fraction of sp³-hybridized carbons (Fsp3) is 0.533. The normalized spacial score (nSPS) is 10.4. The lowest BCUT2D eigenvalue weighted by atomic mass is 10.1. The minimum Gasteiger partial charge on any atom is -0.352 e. The predicted octanol–water partition coefficient (Wildman–Crippen LogP) is 4.03. The van der Waals surface area contributed by atoms with Crippen LogP contribution < -0.4 is 5.32 Å². The fourth-order valence-corrected chi connectivity index (χ4v) is 2.39. The first kappa shape index (κ1) is 15.5. The van der Waals surface area contributed by atoms with Crippen LogP contribution in [0, 0.1) is 13.8 Å². The van der Waals surface area contributed by atoms with Crippen molar-refractivity contribution in [3.05, 3.63) is 34.9 Å². The highest BCUT2D eigenvalue weighted by Gasteiger charge is 2.07. The van der Waals surface area contributed by atoms with Gasteiger partial charge in [-0.05, 0) is 42.7 Å². The summed E-state index contributed by atoms with van der Waals surface area (Å²) in [4.78, 5) is 12.0. The number of rotatable bonds is 7. The van der Waals surface area contributed by atoms with Gasteiger partial charge in [0.25, 0.3) is 5.91 Å². The molecule has 0 saturated carbocycles. The predicted molar refractivity (Wildman–Crippen MR) is 85.6 cm³/mol. The minimum atomic E-state index is 0.0603. The molecule has 0 aliphatic rings. The molecule has 0 heterocycles. The lowest BCUT2D eigenvalue weighted by Crippen LogP contribution is -2.25. The van der Waals surface area contributed by atoms with E-state index in [-0.39, 0.29) is 5.91 Å². The average molecular weight is 359 g/mol. The third-order valence-electron chi connectivity index (χ3n) is 2.98. The zero-order chi connectivity index (χ0) is 13.4. The summed E-state index contributed by atoms with van der Waals surface area (Å²) < 4.78 is 1.23. The fourth-order valence-electron chi connectivity index (χ4n) is 1.85. The third kappa shape index (κ3) is 5.38. The number of benzene rings is 1. The molecule has 0 fully saturated rings. The van der Waals surface area contributed by atoms with Crippen molar-refractivity contribution in [2.75, 3.05) is 11.0 Å². The Bertz CT molecular complexity index is 390. The standard InChI is InChI=1S/C15H22INO/c1-12-7-8-13(2)14(11-12)15(18)17-10-6-4-3-5-9-16/h7-8,11H,3-6,9-10H2,1-2H3,(H,17,18). The Morgan fingerprint density at radius 1 is 1.17 bits per heavy atom. The van der Waals surface area contributed by atoms with Gasteiger partial charge >= 0.3 is 0 Å². The van der Waals surface area contributed by atoms with Gasteiger partial charge in [-0.15, -0.1) is 0 Å². The molecule has 0 aromatic heterocycles. The lowest BCUT2D eigenvalue weighted by molar-refractivity contribution is 0.0952. The molecule has 2 nitrogen and oxygen atoms in total. The summed E-state index contributed by atoms with van der Waals surface area (Å²) in [6.07, 6.45) is 4.83. The summed E-state index contributed by atoms with van der Waals surface area (Å²) >= 11 is 2.40. The van der Waals surface area contributed by atoms with Crippen molar-refractivity contribution < 1.29 is 4.79 Å². The largest absolute Gasteiger partial charge is 0.352 e. The minimum absolute atomic E-state index is 0.0603. The van der Waals surface area contributed by atoms with Crippen LogP contribution in [0.5, 0.6) is 0 Å².